The van der Waals surface area contributed by atoms with Crippen molar-refractivity contribution >= 4 is 22.1 Å². The van der Waals surface area contributed by atoms with Crippen molar-refractivity contribution in [1.82, 2.24) is 19.9 Å². The van der Waals surface area contributed by atoms with Crippen molar-refractivity contribution in [1.29, 1.82) is 0 Å². The summed E-state index contributed by atoms with van der Waals surface area (Å²) in [6, 6.07) is 15.8. The van der Waals surface area contributed by atoms with Crippen LogP contribution < -0.4 is 0 Å². The Kier molecular flexibility index (Phi) is 3.14. The molecule has 2 heterocycles. The lowest BCUT2D eigenvalue weighted by Crippen LogP contribution is -1.85. The average molecular weight is 248 g/mol. The molecular formula is C15H12N4. The van der Waals surface area contributed by atoms with Crippen LogP contribution in [0.2, 0.25) is 0 Å². The van der Waals surface area contributed by atoms with Crippen molar-refractivity contribution in [3.05, 3.63) is 67.3 Å². The SMILES string of the molecule is c1c[nH]cn1.c1ccc2nc3ccccc3nc2c1. The van der Waals surface area contributed by atoms with Crippen LogP contribution in [0.4, 0.5) is 0 Å². The molecule has 0 aliphatic carbocycles. The van der Waals surface area contributed by atoms with Crippen LogP contribution in [0.5, 0.6) is 0 Å². The molecule has 2 aromatic carbocycles. The molecule has 0 spiro atoms. The summed E-state index contributed by atoms with van der Waals surface area (Å²) >= 11 is 0. The monoisotopic (exact) mass is 248 g/mol. The zero-order valence-corrected chi connectivity index (χ0v) is 10.2. The smallest absolute Gasteiger partial charge is 0.0919 e. The summed E-state index contributed by atoms with van der Waals surface area (Å²) in [6.07, 6.45) is 5.08. The number of benzene rings is 2. The number of fused-ring (bicyclic) bond motifs is 2. The molecule has 92 valence electrons. The molecule has 4 aromatic rings. The summed E-state index contributed by atoms with van der Waals surface area (Å²) < 4.78 is 0. The highest BCUT2D eigenvalue weighted by molar-refractivity contribution is 5.85. The Bertz CT molecular complexity index is 656. The van der Waals surface area contributed by atoms with Gasteiger partial charge in [0.05, 0.1) is 28.4 Å². The van der Waals surface area contributed by atoms with E-state index in [9.17, 15) is 0 Å². The van der Waals surface area contributed by atoms with E-state index in [0.717, 1.165) is 22.1 Å². The summed E-state index contributed by atoms with van der Waals surface area (Å²) in [6.45, 7) is 0. The first-order chi connectivity index (χ1) is 9.43. The van der Waals surface area contributed by atoms with Gasteiger partial charge in [0.25, 0.3) is 0 Å². The van der Waals surface area contributed by atoms with E-state index in [4.69, 9.17) is 0 Å². The molecule has 4 nitrogen and oxygen atoms in total. The van der Waals surface area contributed by atoms with Crippen LogP contribution >= 0.6 is 0 Å². The Morgan fingerprint density at radius 1 is 0.684 bits per heavy atom. The highest BCUT2D eigenvalue weighted by Crippen LogP contribution is 2.14. The number of para-hydroxylation sites is 4. The Balaban J connectivity index is 0.000000187. The Labute approximate surface area is 110 Å². The number of hydrogen-bond donors (Lipinski definition) is 1. The molecule has 0 atom stereocenters. The van der Waals surface area contributed by atoms with Crippen LogP contribution in [0.25, 0.3) is 22.1 Å². The van der Waals surface area contributed by atoms with Gasteiger partial charge in [-0.2, -0.15) is 0 Å². The molecule has 0 aliphatic heterocycles. The largest absolute Gasteiger partial charge is 0.351 e. The third kappa shape index (κ3) is 2.57. The van der Waals surface area contributed by atoms with Gasteiger partial charge in [0, 0.05) is 12.4 Å². The van der Waals surface area contributed by atoms with Crippen LogP contribution in [-0.4, -0.2) is 19.9 Å². The molecule has 0 fully saturated rings. The highest BCUT2D eigenvalue weighted by atomic mass is 14.8. The van der Waals surface area contributed by atoms with E-state index in [0.29, 0.717) is 0 Å². The van der Waals surface area contributed by atoms with Crippen LogP contribution in [0.1, 0.15) is 0 Å². The predicted molar refractivity (Wildman–Crippen MR) is 75.6 cm³/mol. The summed E-state index contributed by atoms with van der Waals surface area (Å²) in [7, 11) is 0. The number of aromatic amines is 1. The summed E-state index contributed by atoms with van der Waals surface area (Å²) in [4.78, 5) is 15.4. The van der Waals surface area contributed by atoms with Crippen molar-refractivity contribution < 1.29 is 0 Å². The minimum Gasteiger partial charge on any atom is -0.351 e. The fraction of sp³-hybridized carbons (Fsp3) is 0. The van der Waals surface area contributed by atoms with Gasteiger partial charge >= 0.3 is 0 Å². The van der Waals surface area contributed by atoms with Gasteiger partial charge in [0.15, 0.2) is 0 Å². The van der Waals surface area contributed by atoms with Gasteiger partial charge in [-0.25, -0.2) is 15.0 Å². The van der Waals surface area contributed by atoms with Crippen molar-refractivity contribution in [2.45, 2.75) is 0 Å². The lowest BCUT2D eigenvalue weighted by molar-refractivity contribution is 1.31. The lowest BCUT2D eigenvalue weighted by Gasteiger charge is -1.98. The number of aromatic nitrogens is 4. The van der Waals surface area contributed by atoms with E-state index in [2.05, 4.69) is 19.9 Å². The molecule has 19 heavy (non-hydrogen) atoms. The van der Waals surface area contributed by atoms with Crippen LogP contribution in [0.15, 0.2) is 67.3 Å². The average Bonchev–Trinajstić information content (AvgIpc) is 3.04. The van der Waals surface area contributed by atoms with Crippen LogP contribution in [0, 0.1) is 0 Å². The van der Waals surface area contributed by atoms with E-state index < -0.39 is 0 Å². The molecule has 0 saturated carbocycles. The second kappa shape index (κ2) is 5.27. The Morgan fingerprint density at radius 2 is 1.16 bits per heavy atom. The van der Waals surface area contributed by atoms with Crippen molar-refractivity contribution in [2.24, 2.45) is 0 Å². The van der Waals surface area contributed by atoms with E-state index in [1.165, 1.54) is 0 Å². The van der Waals surface area contributed by atoms with Gasteiger partial charge in [-0.05, 0) is 24.3 Å². The Morgan fingerprint density at radius 3 is 1.42 bits per heavy atom. The lowest BCUT2D eigenvalue weighted by atomic mass is 10.2. The normalized spacial score (nSPS) is 10.1. The van der Waals surface area contributed by atoms with Gasteiger partial charge in [0.2, 0.25) is 0 Å². The molecule has 0 radical (unpaired) electrons. The standard InChI is InChI=1S/C12H8N2.C3H4N2/c1-2-6-10-9(5-1)13-11-7-3-4-8-12(11)14-10;1-2-5-3-4-1/h1-8H;1-3H,(H,4,5). The first-order valence-corrected chi connectivity index (χ1v) is 5.98. The molecule has 0 bridgehead atoms. The maximum atomic E-state index is 4.52. The molecule has 4 rings (SSSR count). The van der Waals surface area contributed by atoms with Crippen LogP contribution in [-0.2, 0) is 0 Å². The molecule has 4 heteroatoms. The molecule has 0 saturated heterocycles. The van der Waals surface area contributed by atoms with E-state index in [1.807, 2.05) is 48.5 Å². The minimum atomic E-state index is 0.950. The third-order valence-electron chi connectivity index (χ3n) is 2.65. The van der Waals surface area contributed by atoms with Gasteiger partial charge in [0.1, 0.15) is 0 Å². The number of nitrogens with one attached hydrogen (secondary N) is 1. The van der Waals surface area contributed by atoms with E-state index >= 15 is 0 Å². The maximum Gasteiger partial charge on any atom is 0.0919 e. The van der Waals surface area contributed by atoms with Crippen LogP contribution in [0.3, 0.4) is 0 Å². The second-order valence-corrected chi connectivity index (χ2v) is 3.96. The molecule has 0 amide bonds. The topological polar surface area (TPSA) is 54.5 Å². The van der Waals surface area contributed by atoms with Gasteiger partial charge in [-0.1, -0.05) is 24.3 Å². The first-order valence-electron chi connectivity index (χ1n) is 5.98. The van der Waals surface area contributed by atoms with Gasteiger partial charge < -0.3 is 4.98 Å². The van der Waals surface area contributed by atoms with Crippen molar-refractivity contribution in [3.8, 4) is 0 Å². The zero-order valence-electron chi connectivity index (χ0n) is 10.2. The zero-order chi connectivity index (χ0) is 12.9. The maximum absolute atomic E-state index is 4.52. The third-order valence-corrected chi connectivity index (χ3v) is 2.65. The summed E-state index contributed by atoms with van der Waals surface area (Å²) in [5.74, 6) is 0. The van der Waals surface area contributed by atoms with Crippen molar-refractivity contribution in [2.75, 3.05) is 0 Å². The number of nitrogens with zero attached hydrogens (tertiary/aromatic N) is 3. The second-order valence-electron chi connectivity index (χ2n) is 3.96. The molecule has 0 unspecified atom stereocenters. The fourth-order valence-electron chi connectivity index (χ4n) is 1.78. The molecule has 2 aromatic heterocycles. The summed E-state index contributed by atoms with van der Waals surface area (Å²) in [5, 5.41) is 0. The van der Waals surface area contributed by atoms with Gasteiger partial charge in [-0.15, -0.1) is 0 Å². The summed E-state index contributed by atoms with van der Waals surface area (Å²) in [5.41, 5.74) is 3.80. The fourth-order valence-corrected chi connectivity index (χ4v) is 1.78. The predicted octanol–water partition coefficient (Wildman–Crippen LogP) is 3.19. The highest BCUT2D eigenvalue weighted by Gasteiger charge is 1.98. The van der Waals surface area contributed by atoms with E-state index in [-0.39, 0.29) is 0 Å². The Hall–Kier alpha value is -2.75. The number of hydrogen-bond acceptors (Lipinski definition) is 3. The molecule has 1 N–H and O–H groups in total. The number of imidazole rings is 1. The van der Waals surface area contributed by atoms with Crippen molar-refractivity contribution in [3.63, 3.8) is 0 Å². The molecule has 0 aliphatic rings. The first kappa shape index (κ1) is 11.3. The van der Waals surface area contributed by atoms with Gasteiger partial charge in [-0.3, -0.25) is 0 Å². The quantitative estimate of drug-likeness (QED) is 0.486. The minimum absolute atomic E-state index is 0.950. The number of H-pyrrole nitrogens is 1. The van der Waals surface area contributed by atoms with E-state index in [1.54, 1.807) is 18.7 Å². The molecular weight excluding hydrogens is 236 g/mol. The number of rotatable bonds is 0.